The standard InChI is InChI=1S/C28H29N3O2/c32-27(33)24-3-1-2-4-25(24)30-23-9-10-26(29-17-23)31-22-7-5-21(6-8-22)28-14-18-11-19(15-28)13-20(12-18)16-28/h1-10,17-20,30H,11-16H2,(H,29,31)(H,32,33). The van der Waals surface area contributed by atoms with Crippen LogP contribution in [0, 0.1) is 17.8 Å². The number of pyridine rings is 1. The van der Waals surface area contributed by atoms with Crippen LogP contribution in [-0.4, -0.2) is 16.1 Å². The molecule has 5 nitrogen and oxygen atoms in total. The summed E-state index contributed by atoms with van der Waals surface area (Å²) in [6, 6.07) is 19.7. The summed E-state index contributed by atoms with van der Waals surface area (Å²) in [6.45, 7) is 0. The molecule has 1 heterocycles. The van der Waals surface area contributed by atoms with Gasteiger partial charge in [-0.3, -0.25) is 0 Å². The highest BCUT2D eigenvalue weighted by atomic mass is 16.4. The number of anilines is 4. The summed E-state index contributed by atoms with van der Waals surface area (Å²) in [4.78, 5) is 15.9. The first-order chi connectivity index (χ1) is 16.1. The number of carboxylic acid groups (broad SMARTS) is 1. The smallest absolute Gasteiger partial charge is 0.337 e. The molecule has 0 atom stereocenters. The Morgan fingerprint density at radius 1 is 0.818 bits per heavy atom. The maximum absolute atomic E-state index is 11.4. The van der Waals surface area contributed by atoms with Crippen LogP contribution in [0.1, 0.15) is 54.4 Å². The number of aromatic nitrogens is 1. The van der Waals surface area contributed by atoms with Gasteiger partial charge in [0.15, 0.2) is 0 Å². The van der Waals surface area contributed by atoms with Crippen molar-refractivity contribution in [3.8, 4) is 0 Å². The summed E-state index contributed by atoms with van der Waals surface area (Å²) >= 11 is 0. The Morgan fingerprint density at radius 3 is 2.06 bits per heavy atom. The topological polar surface area (TPSA) is 74.2 Å². The van der Waals surface area contributed by atoms with E-state index in [-0.39, 0.29) is 5.56 Å². The van der Waals surface area contributed by atoms with E-state index >= 15 is 0 Å². The van der Waals surface area contributed by atoms with E-state index in [0.717, 1.165) is 34.9 Å². The van der Waals surface area contributed by atoms with Gasteiger partial charge in [0.2, 0.25) is 0 Å². The molecule has 1 aromatic heterocycles. The Hall–Kier alpha value is -3.34. The van der Waals surface area contributed by atoms with Crippen molar-refractivity contribution in [1.29, 1.82) is 0 Å². The van der Waals surface area contributed by atoms with Gasteiger partial charge in [0.1, 0.15) is 5.82 Å². The monoisotopic (exact) mass is 439 g/mol. The summed E-state index contributed by atoms with van der Waals surface area (Å²) in [5, 5.41) is 15.9. The molecule has 0 aliphatic heterocycles. The Bertz CT molecular complexity index is 1140. The van der Waals surface area contributed by atoms with Gasteiger partial charge < -0.3 is 15.7 Å². The van der Waals surface area contributed by atoms with Crippen LogP contribution < -0.4 is 10.6 Å². The predicted molar refractivity (Wildman–Crippen MR) is 130 cm³/mol. The lowest BCUT2D eigenvalue weighted by Crippen LogP contribution is -2.48. The maximum Gasteiger partial charge on any atom is 0.337 e. The van der Waals surface area contributed by atoms with Crippen molar-refractivity contribution in [3.05, 3.63) is 78.0 Å². The molecule has 0 spiro atoms. The van der Waals surface area contributed by atoms with Crippen molar-refractivity contribution in [1.82, 2.24) is 4.98 Å². The zero-order valence-corrected chi connectivity index (χ0v) is 18.6. The maximum atomic E-state index is 11.4. The molecule has 4 bridgehead atoms. The fourth-order valence-electron chi connectivity index (χ4n) is 7.00. The summed E-state index contributed by atoms with van der Waals surface area (Å²) in [7, 11) is 0. The first-order valence-corrected chi connectivity index (χ1v) is 12.0. The first kappa shape index (κ1) is 20.3. The zero-order chi connectivity index (χ0) is 22.4. The van der Waals surface area contributed by atoms with Crippen molar-refractivity contribution in [2.24, 2.45) is 17.8 Å². The molecule has 3 aromatic rings. The molecule has 168 valence electrons. The van der Waals surface area contributed by atoms with E-state index in [0.29, 0.717) is 11.1 Å². The number of hydrogen-bond acceptors (Lipinski definition) is 4. The molecular formula is C28H29N3O2. The molecule has 4 saturated carbocycles. The number of carbonyl (C=O) groups is 1. The fraction of sp³-hybridized carbons (Fsp3) is 0.357. The number of hydrogen-bond donors (Lipinski definition) is 3. The number of para-hydroxylation sites is 1. The molecule has 7 rings (SSSR count). The van der Waals surface area contributed by atoms with E-state index < -0.39 is 5.97 Å². The van der Waals surface area contributed by atoms with Crippen LogP contribution >= 0.6 is 0 Å². The number of benzene rings is 2. The van der Waals surface area contributed by atoms with Gasteiger partial charge in [-0.15, -0.1) is 0 Å². The van der Waals surface area contributed by atoms with Gasteiger partial charge in [0.05, 0.1) is 23.1 Å². The third-order valence-corrected chi connectivity index (χ3v) is 8.01. The van der Waals surface area contributed by atoms with Crippen LogP contribution in [0.4, 0.5) is 22.9 Å². The first-order valence-electron chi connectivity index (χ1n) is 12.0. The van der Waals surface area contributed by atoms with E-state index in [2.05, 4.69) is 39.9 Å². The van der Waals surface area contributed by atoms with Gasteiger partial charge >= 0.3 is 5.97 Å². The highest BCUT2D eigenvalue weighted by Gasteiger charge is 2.51. The third-order valence-electron chi connectivity index (χ3n) is 8.01. The normalized spacial score (nSPS) is 27.3. The van der Waals surface area contributed by atoms with Crippen LogP contribution in [0.25, 0.3) is 0 Å². The summed E-state index contributed by atoms with van der Waals surface area (Å²) in [5.74, 6) is 2.66. The molecule has 0 saturated heterocycles. The van der Waals surface area contributed by atoms with Crippen LogP contribution in [0.15, 0.2) is 66.9 Å². The van der Waals surface area contributed by atoms with Gasteiger partial charge in [-0.25, -0.2) is 9.78 Å². The minimum absolute atomic E-state index is 0.235. The van der Waals surface area contributed by atoms with Crippen molar-refractivity contribution in [2.45, 2.75) is 43.9 Å². The lowest BCUT2D eigenvalue weighted by Gasteiger charge is -2.57. The lowest BCUT2D eigenvalue weighted by atomic mass is 9.48. The molecule has 0 amide bonds. The molecule has 2 aromatic carbocycles. The Morgan fingerprint density at radius 2 is 1.45 bits per heavy atom. The lowest BCUT2D eigenvalue weighted by molar-refractivity contribution is -0.00518. The van der Waals surface area contributed by atoms with Crippen molar-refractivity contribution >= 4 is 28.8 Å². The number of aromatic carboxylic acids is 1. The largest absolute Gasteiger partial charge is 0.478 e. The van der Waals surface area contributed by atoms with Crippen molar-refractivity contribution in [2.75, 3.05) is 10.6 Å². The summed E-state index contributed by atoms with van der Waals surface area (Å²) < 4.78 is 0. The molecule has 4 aliphatic carbocycles. The minimum Gasteiger partial charge on any atom is -0.478 e. The van der Waals surface area contributed by atoms with E-state index in [9.17, 15) is 9.90 Å². The SMILES string of the molecule is O=C(O)c1ccccc1Nc1ccc(Nc2ccc(C34CC5CC(CC(C5)C3)C4)cc2)nc1. The average molecular weight is 440 g/mol. The van der Waals surface area contributed by atoms with E-state index in [1.54, 1.807) is 24.4 Å². The average Bonchev–Trinajstić information content (AvgIpc) is 2.80. The second-order valence-electron chi connectivity index (χ2n) is 10.3. The second-order valence-corrected chi connectivity index (χ2v) is 10.3. The van der Waals surface area contributed by atoms with Crippen molar-refractivity contribution < 1.29 is 9.90 Å². The highest BCUT2D eigenvalue weighted by Crippen LogP contribution is 2.60. The Kier molecular flexibility index (Phi) is 4.86. The summed E-state index contributed by atoms with van der Waals surface area (Å²) in [6.07, 6.45) is 10.3. The number of carboxylic acids is 1. The Labute approximate surface area is 194 Å². The van der Waals surface area contributed by atoms with E-state index in [4.69, 9.17) is 0 Å². The Balaban J connectivity index is 1.14. The molecule has 4 fully saturated rings. The summed E-state index contributed by atoms with van der Waals surface area (Å²) in [5.41, 5.74) is 4.51. The molecule has 0 radical (unpaired) electrons. The quantitative estimate of drug-likeness (QED) is 0.397. The van der Waals surface area contributed by atoms with Crippen LogP contribution in [0.3, 0.4) is 0 Å². The predicted octanol–water partition coefficient (Wildman–Crippen LogP) is 6.73. The highest BCUT2D eigenvalue weighted by molar-refractivity contribution is 5.95. The number of nitrogens with zero attached hydrogens (tertiary/aromatic N) is 1. The molecule has 3 N–H and O–H groups in total. The van der Waals surface area contributed by atoms with Crippen LogP contribution in [-0.2, 0) is 5.41 Å². The number of rotatable bonds is 6. The molecular weight excluding hydrogens is 410 g/mol. The van der Waals surface area contributed by atoms with Crippen LogP contribution in [0.5, 0.6) is 0 Å². The van der Waals surface area contributed by atoms with Gasteiger partial charge in [-0.2, -0.15) is 0 Å². The minimum atomic E-state index is -0.957. The van der Waals surface area contributed by atoms with Gasteiger partial charge in [0, 0.05) is 5.69 Å². The fourth-order valence-corrected chi connectivity index (χ4v) is 7.00. The number of nitrogens with one attached hydrogen (secondary N) is 2. The molecule has 0 unspecified atom stereocenters. The van der Waals surface area contributed by atoms with E-state index in [1.807, 2.05) is 18.2 Å². The zero-order valence-electron chi connectivity index (χ0n) is 18.6. The van der Waals surface area contributed by atoms with Crippen LogP contribution in [0.2, 0.25) is 0 Å². The molecule has 5 heteroatoms. The van der Waals surface area contributed by atoms with E-state index in [1.165, 1.54) is 44.1 Å². The van der Waals surface area contributed by atoms with Gasteiger partial charge in [-0.05, 0) is 104 Å². The third kappa shape index (κ3) is 3.86. The van der Waals surface area contributed by atoms with Gasteiger partial charge in [0.25, 0.3) is 0 Å². The molecule has 33 heavy (non-hydrogen) atoms. The van der Waals surface area contributed by atoms with Crippen molar-refractivity contribution in [3.63, 3.8) is 0 Å². The second kappa shape index (κ2) is 7.91. The molecule has 4 aliphatic rings. The van der Waals surface area contributed by atoms with Gasteiger partial charge in [-0.1, -0.05) is 24.3 Å².